The highest BCUT2D eigenvalue weighted by Crippen LogP contribution is 2.41. The van der Waals surface area contributed by atoms with Crippen LogP contribution in [0.4, 0.5) is 0 Å². The zero-order valence-corrected chi connectivity index (χ0v) is 17.0. The van der Waals surface area contributed by atoms with E-state index < -0.39 is 10.0 Å². The molecule has 1 N–H and O–H groups in total. The Labute approximate surface area is 160 Å². The maximum atomic E-state index is 12.7. The lowest BCUT2D eigenvalue weighted by molar-refractivity contribution is 0.271. The summed E-state index contributed by atoms with van der Waals surface area (Å²) in [7, 11) is -3.53. The van der Waals surface area contributed by atoms with E-state index in [4.69, 9.17) is 4.74 Å². The fourth-order valence-electron chi connectivity index (χ4n) is 3.48. The molecule has 1 saturated carbocycles. The minimum atomic E-state index is -3.53. The number of sulfonamides is 1. The van der Waals surface area contributed by atoms with Crippen LogP contribution in [0.5, 0.6) is 5.75 Å². The molecule has 26 heavy (non-hydrogen) atoms. The van der Waals surface area contributed by atoms with Gasteiger partial charge in [-0.3, -0.25) is 0 Å². The van der Waals surface area contributed by atoms with Gasteiger partial charge in [-0.1, -0.05) is 26.7 Å². The predicted molar refractivity (Wildman–Crippen MR) is 106 cm³/mol. The molecule has 1 aliphatic rings. The normalized spacial score (nSPS) is 16.9. The van der Waals surface area contributed by atoms with Gasteiger partial charge in [0.2, 0.25) is 10.0 Å². The molecule has 0 aliphatic heterocycles. The van der Waals surface area contributed by atoms with Gasteiger partial charge in [-0.05, 0) is 65.4 Å². The average molecular weight is 394 g/mol. The number of ether oxygens (including phenoxy) is 1. The SMILES string of the molecule is CC(C)COc1ccc(S(=O)(=O)NCC2(c3ccsc3)CCCC2)cc1. The minimum absolute atomic E-state index is 0.0621. The van der Waals surface area contributed by atoms with Gasteiger partial charge in [0, 0.05) is 12.0 Å². The lowest BCUT2D eigenvalue weighted by Crippen LogP contribution is -2.38. The molecule has 0 spiro atoms. The van der Waals surface area contributed by atoms with Gasteiger partial charge in [0.1, 0.15) is 5.75 Å². The van der Waals surface area contributed by atoms with Gasteiger partial charge in [0.05, 0.1) is 11.5 Å². The van der Waals surface area contributed by atoms with Crippen LogP contribution in [0.2, 0.25) is 0 Å². The predicted octanol–water partition coefficient (Wildman–Crippen LogP) is 4.57. The fourth-order valence-corrected chi connectivity index (χ4v) is 5.39. The monoisotopic (exact) mass is 393 g/mol. The van der Waals surface area contributed by atoms with Crippen LogP contribution in [0.15, 0.2) is 46.0 Å². The van der Waals surface area contributed by atoms with E-state index in [0.717, 1.165) is 25.7 Å². The van der Waals surface area contributed by atoms with Crippen molar-refractivity contribution in [3.05, 3.63) is 46.7 Å². The van der Waals surface area contributed by atoms with Crippen LogP contribution < -0.4 is 9.46 Å². The minimum Gasteiger partial charge on any atom is -0.493 e. The molecule has 0 atom stereocenters. The third-order valence-corrected chi connectivity index (χ3v) is 7.11. The Kier molecular flexibility index (Phi) is 6.05. The first-order valence-corrected chi connectivity index (χ1v) is 11.6. The molecule has 0 bridgehead atoms. The van der Waals surface area contributed by atoms with E-state index in [1.807, 2.05) is 0 Å². The van der Waals surface area contributed by atoms with E-state index in [1.165, 1.54) is 5.56 Å². The van der Waals surface area contributed by atoms with Gasteiger partial charge in [0.25, 0.3) is 0 Å². The van der Waals surface area contributed by atoms with Gasteiger partial charge in [-0.2, -0.15) is 11.3 Å². The van der Waals surface area contributed by atoms with Crippen molar-refractivity contribution >= 4 is 21.4 Å². The number of hydrogen-bond donors (Lipinski definition) is 1. The van der Waals surface area contributed by atoms with E-state index in [0.29, 0.717) is 24.8 Å². The maximum Gasteiger partial charge on any atom is 0.240 e. The second-order valence-electron chi connectivity index (χ2n) is 7.50. The fraction of sp³-hybridized carbons (Fsp3) is 0.500. The van der Waals surface area contributed by atoms with Crippen LogP contribution in [0, 0.1) is 5.92 Å². The summed E-state index contributed by atoms with van der Waals surface area (Å²) in [6.45, 7) is 5.23. The van der Waals surface area contributed by atoms with Crippen molar-refractivity contribution in [2.45, 2.75) is 49.8 Å². The zero-order valence-electron chi connectivity index (χ0n) is 15.4. The van der Waals surface area contributed by atoms with Crippen LogP contribution in [0.1, 0.15) is 45.1 Å². The maximum absolute atomic E-state index is 12.7. The van der Waals surface area contributed by atoms with Crippen LogP contribution >= 0.6 is 11.3 Å². The van der Waals surface area contributed by atoms with Crippen molar-refractivity contribution in [2.24, 2.45) is 5.92 Å². The highest BCUT2D eigenvalue weighted by atomic mass is 32.2. The first-order valence-electron chi connectivity index (χ1n) is 9.16. The lowest BCUT2D eigenvalue weighted by atomic mass is 9.81. The standard InChI is InChI=1S/C20H27NO3S2/c1-16(2)13-24-18-5-7-19(8-6-18)26(22,23)21-15-20(10-3-4-11-20)17-9-12-25-14-17/h5-9,12,14,16,21H,3-4,10-11,13,15H2,1-2H3. The molecular formula is C20H27NO3S2. The second-order valence-corrected chi connectivity index (χ2v) is 10.0. The number of nitrogens with one attached hydrogen (secondary N) is 1. The van der Waals surface area contributed by atoms with Crippen molar-refractivity contribution in [1.29, 1.82) is 0 Å². The Balaban J connectivity index is 1.68. The van der Waals surface area contributed by atoms with E-state index in [9.17, 15) is 8.42 Å². The summed E-state index contributed by atoms with van der Waals surface area (Å²) in [5, 5.41) is 4.22. The number of benzene rings is 1. The molecule has 1 heterocycles. The van der Waals surface area contributed by atoms with Gasteiger partial charge in [-0.25, -0.2) is 13.1 Å². The largest absolute Gasteiger partial charge is 0.493 e. The zero-order chi connectivity index (χ0) is 18.6. The summed E-state index contributed by atoms with van der Waals surface area (Å²) < 4.78 is 33.9. The Morgan fingerprint density at radius 1 is 1.15 bits per heavy atom. The molecule has 4 nitrogen and oxygen atoms in total. The number of hydrogen-bond acceptors (Lipinski definition) is 4. The molecular weight excluding hydrogens is 366 g/mol. The Bertz CT molecular complexity index is 790. The molecule has 6 heteroatoms. The first-order chi connectivity index (χ1) is 12.4. The summed E-state index contributed by atoms with van der Waals surface area (Å²) >= 11 is 1.67. The summed E-state index contributed by atoms with van der Waals surface area (Å²) in [4.78, 5) is 0.285. The smallest absolute Gasteiger partial charge is 0.240 e. The molecule has 1 aromatic carbocycles. The molecule has 0 saturated heterocycles. The summed E-state index contributed by atoms with van der Waals surface area (Å²) in [6, 6.07) is 8.81. The van der Waals surface area contributed by atoms with Crippen LogP contribution in [-0.2, 0) is 15.4 Å². The Morgan fingerprint density at radius 3 is 2.42 bits per heavy atom. The molecule has 0 amide bonds. The van der Waals surface area contributed by atoms with Gasteiger partial charge in [-0.15, -0.1) is 0 Å². The van der Waals surface area contributed by atoms with Crippen molar-refractivity contribution in [1.82, 2.24) is 4.72 Å². The third-order valence-electron chi connectivity index (χ3n) is 5.01. The first kappa shape index (κ1) is 19.4. The molecule has 1 fully saturated rings. The van der Waals surface area contributed by atoms with Gasteiger partial charge < -0.3 is 4.74 Å². The summed E-state index contributed by atoms with van der Waals surface area (Å²) in [6.07, 6.45) is 4.38. The van der Waals surface area contributed by atoms with Crippen LogP contribution in [0.25, 0.3) is 0 Å². The van der Waals surface area contributed by atoms with Crippen LogP contribution in [0.3, 0.4) is 0 Å². The van der Waals surface area contributed by atoms with E-state index in [2.05, 4.69) is 35.4 Å². The Hall–Kier alpha value is -1.37. The van der Waals surface area contributed by atoms with Gasteiger partial charge >= 0.3 is 0 Å². The highest BCUT2D eigenvalue weighted by Gasteiger charge is 2.37. The summed E-state index contributed by atoms with van der Waals surface area (Å²) in [5.41, 5.74) is 1.20. The molecule has 0 radical (unpaired) electrons. The van der Waals surface area contributed by atoms with Crippen molar-refractivity contribution in [3.63, 3.8) is 0 Å². The van der Waals surface area contributed by atoms with Crippen molar-refractivity contribution < 1.29 is 13.2 Å². The van der Waals surface area contributed by atoms with Crippen molar-refractivity contribution in [2.75, 3.05) is 13.2 Å². The number of thiophene rings is 1. The Morgan fingerprint density at radius 2 is 1.85 bits per heavy atom. The molecule has 3 rings (SSSR count). The third kappa shape index (κ3) is 4.48. The molecule has 1 aromatic heterocycles. The topological polar surface area (TPSA) is 55.4 Å². The van der Waals surface area contributed by atoms with E-state index in [-0.39, 0.29) is 10.3 Å². The molecule has 0 unspecified atom stereocenters. The molecule has 1 aliphatic carbocycles. The van der Waals surface area contributed by atoms with Gasteiger partial charge in [0.15, 0.2) is 0 Å². The number of rotatable bonds is 8. The van der Waals surface area contributed by atoms with E-state index in [1.54, 1.807) is 35.6 Å². The summed E-state index contributed by atoms with van der Waals surface area (Å²) in [5.74, 6) is 1.13. The highest BCUT2D eigenvalue weighted by molar-refractivity contribution is 7.89. The van der Waals surface area contributed by atoms with E-state index >= 15 is 0 Å². The van der Waals surface area contributed by atoms with Crippen LogP contribution in [-0.4, -0.2) is 21.6 Å². The average Bonchev–Trinajstić information content (AvgIpc) is 3.31. The lowest BCUT2D eigenvalue weighted by Gasteiger charge is -2.28. The quantitative estimate of drug-likeness (QED) is 0.714. The molecule has 2 aromatic rings. The van der Waals surface area contributed by atoms with Crippen molar-refractivity contribution in [3.8, 4) is 5.75 Å². The second kappa shape index (κ2) is 8.11. The molecule has 142 valence electrons.